The number of aryl methyl sites for hydroxylation is 1. The van der Waals surface area contributed by atoms with E-state index in [2.05, 4.69) is 15.3 Å². The molecule has 3 rings (SSSR count). The van der Waals surface area contributed by atoms with Crippen molar-refractivity contribution in [3.63, 3.8) is 0 Å². The van der Waals surface area contributed by atoms with Crippen LogP contribution in [0.1, 0.15) is 33.7 Å². The maximum Gasteiger partial charge on any atom is 0.270 e. The summed E-state index contributed by atoms with van der Waals surface area (Å²) in [5.41, 5.74) is 2.95. The number of hydrogen-bond donors (Lipinski definition) is 2. The van der Waals surface area contributed by atoms with Crippen molar-refractivity contribution < 1.29 is 9.90 Å². The molecule has 0 saturated heterocycles. The smallest absolute Gasteiger partial charge is 0.270 e. The number of carbonyl (C=O) groups excluding carboxylic acids is 1. The molecule has 0 unspecified atom stereocenters. The maximum absolute atomic E-state index is 12.3. The average Bonchev–Trinajstić information content (AvgIpc) is 2.92. The number of nitrogens with zero attached hydrogens (tertiary/aromatic N) is 2. The van der Waals surface area contributed by atoms with Gasteiger partial charge in [0.1, 0.15) is 11.4 Å². The Kier molecular flexibility index (Phi) is 3.75. The number of phenols is 1. The first kappa shape index (κ1) is 13.8. The van der Waals surface area contributed by atoms with Crippen LogP contribution in [0.15, 0.2) is 24.3 Å². The lowest BCUT2D eigenvalue weighted by atomic mass is 10.1. The molecule has 0 radical (unpaired) electrons. The number of benzene rings is 1. The van der Waals surface area contributed by atoms with E-state index in [0.29, 0.717) is 12.2 Å². The molecule has 6 heteroatoms. The molecule has 1 heterocycles. The van der Waals surface area contributed by atoms with Crippen LogP contribution in [0.2, 0.25) is 5.28 Å². The molecule has 0 bridgehead atoms. The minimum atomic E-state index is -0.263. The van der Waals surface area contributed by atoms with E-state index in [0.717, 1.165) is 36.1 Å². The number of halogens is 1. The number of nitrogens with one attached hydrogen (secondary N) is 1. The zero-order chi connectivity index (χ0) is 14.8. The minimum absolute atomic E-state index is 0.109. The average molecular weight is 304 g/mol. The van der Waals surface area contributed by atoms with E-state index in [1.807, 2.05) is 6.07 Å². The summed E-state index contributed by atoms with van der Waals surface area (Å²) in [4.78, 5) is 20.5. The van der Waals surface area contributed by atoms with Crippen LogP contribution in [-0.2, 0) is 19.4 Å². The Labute approximate surface area is 127 Å². The lowest BCUT2D eigenvalue weighted by molar-refractivity contribution is 0.0944. The van der Waals surface area contributed by atoms with Crippen molar-refractivity contribution in [3.8, 4) is 5.75 Å². The Morgan fingerprint density at radius 3 is 3.00 bits per heavy atom. The lowest BCUT2D eigenvalue weighted by Crippen LogP contribution is -2.25. The zero-order valence-corrected chi connectivity index (χ0v) is 12.0. The van der Waals surface area contributed by atoms with Gasteiger partial charge in [0.05, 0.1) is 0 Å². The van der Waals surface area contributed by atoms with E-state index in [4.69, 9.17) is 11.6 Å². The monoisotopic (exact) mass is 303 g/mol. The van der Waals surface area contributed by atoms with Crippen molar-refractivity contribution in [2.45, 2.75) is 25.8 Å². The number of carbonyl (C=O) groups is 1. The highest BCUT2D eigenvalue weighted by Crippen LogP contribution is 2.24. The van der Waals surface area contributed by atoms with Crippen molar-refractivity contribution in [1.82, 2.24) is 15.3 Å². The Morgan fingerprint density at radius 1 is 1.33 bits per heavy atom. The van der Waals surface area contributed by atoms with Crippen molar-refractivity contribution >= 4 is 17.5 Å². The normalized spacial score (nSPS) is 13.0. The van der Waals surface area contributed by atoms with Crippen LogP contribution >= 0.6 is 11.6 Å². The first-order valence-electron chi connectivity index (χ1n) is 6.75. The van der Waals surface area contributed by atoms with Crippen LogP contribution in [-0.4, -0.2) is 21.0 Å². The number of amides is 1. The molecule has 1 amide bonds. The third-order valence-corrected chi connectivity index (χ3v) is 3.65. The zero-order valence-electron chi connectivity index (χ0n) is 11.3. The second-order valence-electron chi connectivity index (χ2n) is 4.97. The van der Waals surface area contributed by atoms with Crippen molar-refractivity contribution in [2.75, 3.05) is 0 Å². The molecular formula is C15H14ClN3O2. The Morgan fingerprint density at radius 2 is 2.19 bits per heavy atom. The lowest BCUT2D eigenvalue weighted by Gasteiger charge is -2.09. The molecule has 0 atom stereocenters. The van der Waals surface area contributed by atoms with Crippen LogP contribution in [0.5, 0.6) is 5.75 Å². The second kappa shape index (κ2) is 5.69. The van der Waals surface area contributed by atoms with Crippen LogP contribution in [0.25, 0.3) is 0 Å². The number of fused-ring (bicyclic) bond motifs is 1. The first-order valence-corrected chi connectivity index (χ1v) is 7.12. The standard InChI is InChI=1S/C15H14ClN3O2/c16-15-18-12-6-2-5-11(12)13(19-15)14(21)17-8-9-3-1-4-10(20)7-9/h1,3-4,7,20H,2,5-6,8H2,(H,17,21). The minimum Gasteiger partial charge on any atom is -0.508 e. The topological polar surface area (TPSA) is 75.1 Å². The Balaban J connectivity index is 1.77. The van der Waals surface area contributed by atoms with E-state index in [-0.39, 0.29) is 16.9 Å². The summed E-state index contributed by atoms with van der Waals surface area (Å²) in [5.74, 6) is -0.0893. The van der Waals surface area contributed by atoms with E-state index < -0.39 is 0 Å². The molecule has 21 heavy (non-hydrogen) atoms. The third kappa shape index (κ3) is 2.97. The van der Waals surface area contributed by atoms with Gasteiger partial charge in [-0.25, -0.2) is 9.97 Å². The molecule has 1 aliphatic rings. The maximum atomic E-state index is 12.3. The molecule has 2 aromatic rings. The van der Waals surface area contributed by atoms with Crippen molar-refractivity contribution in [1.29, 1.82) is 0 Å². The molecule has 0 spiro atoms. The predicted octanol–water partition coefficient (Wildman–Crippen LogP) is 2.25. The van der Waals surface area contributed by atoms with E-state index in [1.165, 1.54) is 0 Å². The van der Waals surface area contributed by atoms with Gasteiger partial charge in [-0.2, -0.15) is 0 Å². The van der Waals surface area contributed by atoms with Crippen LogP contribution in [0.4, 0.5) is 0 Å². The number of aromatic nitrogens is 2. The number of hydrogen-bond acceptors (Lipinski definition) is 4. The van der Waals surface area contributed by atoms with Crippen molar-refractivity contribution in [2.24, 2.45) is 0 Å². The summed E-state index contributed by atoms with van der Waals surface area (Å²) in [6.45, 7) is 0.323. The fraction of sp³-hybridized carbons (Fsp3) is 0.267. The molecular weight excluding hydrogens is 290 g/mol. The summed E-state index contributed by atoms with van der Waals surface area (Å²) in [7, 11) is 0. The molecule has 1 aliphatic carbocycles. The second-order valence-corrected chi connectivity index (χ2v) is 5.31. The highest BCUT2D eigenvalue weighted by Gasteiger charge is 2.22. The van der Waals surface area contributed by atoms with Gasteiger partial charge in [-0.1, -0.05) is 12.1 Å². The van der Waals surface area contributed by atoms with Gasteiger partial charge in [0.2, 0.25) is 5.28 Å². The van der Waals surface area contributed by atoms with E-state index in [1.54, 1.807) is 18.2 Å². The molecule has 2 N–H and O–H groups in total. The number of phenolic OH excluding ortho intramolecular Hbond substituents is 1. The molecule has 0 aliphatic heterocycles. The largest absolute Gasteiger partial charge is 0.508 e. The SMILES string of the molecule is O=C(NCc1cccc(O)c1)c1nc(Cl)nc2c1CCC2. The van der Waals surface area contributed by atoms with Crippen LogP contribution in [0.3, 0.4) is 0 Å². The highest BCUT2D eigenvalue weighted by molar-refractivity contribution is 6.28. The van der Waals surface area contributed by atoms with Gasteiger partial charge in [-0.3, -0.25) is 4.79 Å². The summed E-state index contributed by atoms with van der Waals surface area (Å²) in [6, 6.07) is 6.76. The van der Waals surface area contributed by atoms with Gasteiger partial charge >= 0.3 is 0 Å². The van der Waals surface area contributed by atoms with Gasteiger partial charge in [0.15, 0.2) is 0 Å². The Hall–Kier alpha value is -2.14. The molecule has 1 aromatic heterocycles. The van der Waals surface area contributed by atoms with Crippen molar-refractivity contribution in [3.05, 3.63) is 52.1 Å². The van der Waals surface area contributed by atoms with Gasteiger partial charge < -0.3 is 10.4 Å². The molecule has 5 nitrogen and oxygen atoms in total. The van der Waals surface area contributed by atoms with Crippen LogP contribution in [0, 0.1) is 0 Å². The molecule has 0 saturated carbocycles. The molecule has 108 valence electrons. The molecule has 1 aromatic carbocycles. The predicted molar refractivity (Wildman–Crippen MR) is 78.3 cm³/mol. The number of aromatic hydroxyl groups is 1. The third-order valence-electron chi connectivity index (χ3n) is 3.48. The van der Waals surface area contributed by atoms with Crippen LogP contribution < -0.4 is 5.32 Å². The van der Waals surface area contributed by atoms with Gasteiger partial charge in [0, 0.05) is 17.8 Å². The molecule has 0 fully saturated rings. The first-order chi connectivity index (χ1) is 10.1. The summed E-state index contributed by atoms with van der Waals surface area (Å²) in [5, 5.41) is 12.3. The fourth-order valence-corrected chi connectivity index (χ4v) is 2.71. The fourth-order valence-electron chi connectivity index (χ4n) is 2.52. The Bertz CT molecular complexity index is 703. The van der Waals surface area contributed by atoms with Gasteiger partial charge in [0.25, 0.3) is 5.91 Å². The number of rotatable bonds is 3. The van der Waals surface area contributed by atoms with Gasteiger partial charge in [-0.05, 0) is 48.6 Å². The summed E-state index contributed by atoms with van der Waals surface area (Å²) >= 11 is 5.88. The van der Waals surface area contributed by atoms with Gasteiger partial charge in [-0.15, -0.1) is 0 Å². The summed E-state index contributed by atoms with van der Waals surface area (Å²) < 4.78 is 0. The van der Waals surface area contributed by atoms with E-state index >= 15 is 0 Å². The van der Waals surface area contributed by atoms with E-state index in [9.17, 15) is 9.90 Å². The summed E-state index contributed by atoms with van der Waals surface area (Å²) in [6.07, 6.45) is 2.61. The quantitative estimate of drug-likeness (QED) is 0.853. The highest BCUT2D eigenvalue weighted by atomic mass is 35.5.